The Morgan fingerprint density at radius 3 is 2.83 bits per heavy atom. The van der Waals surface area contributed by atoms with Crippen LogP contribution in [-0.4, -0.2) is 0 Å². The van der Waals surface area contributed by atoms with Gasteiger partial charge in [0.15, 0.2) is 0 Å². The minimum absolute atomic E-state index is 0.816. The van der Waals surface area contributed by atoms with Gasteiger partial charge in [-0.1, -0.05) is 51.0 Å². The smallest absolute Gasteiger partial charge is 0.0193 e. The molecule has 0 nitrogen and oxygen atoms in total. The number of hydrogen-bond acceptors (Lipinski definition) is 0. The fourth-order valence-corrected chi connectivity index (χ4v) is 1.93. The first kappa shape index (κ1) is 9.57. The van der Waals surface area contributed by atoms with Gasteiger partial charge in [0.25, 0.3) is 0 Å². The van der Waals surface area contributed by atoms with E-state index in [-0.39, 0.29) is 0 Å². The van der Waals surface area contributed by atoms with Gasteiger partial charge >= 0.3 is 0 Å². The van der Waals surface area contributed by atoms with Gasteiger partial charge in [-0.05, 0) is 24.7 Å². The third-order valence-corrected chi connectivity index (χ3v) is 2.56. The summed E-state index contributed by atoms with van der Waals surface area (Å²) in [7, 11) is 0. The van der Waals surface area contributed by atoms with E-state index in [4.69, 9.17) is 0 Å². The van der Waals surface area contributed by atoms with Crippen LogP contribution in [0, 0.1) is 11.8 Å². The van der Waals surface area contributed by atoms with E-state index >= 15 is 0 Å². The van der Waals surface area contributed by atoms with Crippen LogP contribution < -0.4 is 0 Å². The van der Waals surface area contributed by atoms with E-state index in [1.807, 2.05) is 0 Å². The third kappa shape index (κ3) is 3.25. The first-order chi connectivity index (χ1) is 5.83. The zero-order chi connectivity index (χ0) is 8.81. The van der Waals surface area contributed by atoms with Crippen molar-refractivity contribution < 1.29 is 0 Å². The summed E-state index contributed by atoms with van der Waals surface area (Å²) in [5.41, 5.74) is 0. The standard InChI is InChI=1S/C12H20/c1-3-7-11(2)10-12-8-5-4-6-9-12/h4-6,8,11-12H,3,7,9-10H2,1-2H3. The quantitative estimate of drug-likeness (QED) is 0.590. The lowest BCUT2D eigenvalue weighted by Crippen LogP contribution is -2.04. The van der Waals surface area contributed by atoms with Crippen LogP contribution in [0.25, 0.3) is 0 Å². The summed E-state index contributed by atoms with van der Waals surface area (Å²) >= 11 is 0. The highest BCUT2D eigenvalue weighted by atomic mass is 14.1. The molecule has 0 N–H and O–H groups in total. The lowest BCUT2D eigenvalue weighted by atomic mass is 9.88. The molecule has 0 aromatic rings. The molecule has 0 heteroatoms. The minimum atomic E-state index is 0.816. The highest BCUT2D eigenvalue weighted by molar-refractivity contribution is 5.10. The second kappa shape index (κ2) is 5.18. The first-order valence-corrected chi connectivity index (χ1v) is 5.16. The molecule has 68 valence electrons. The zero-order valence-corrected chi connectivity index (χ0v) is 8.29. The first-order valence-electron chi connectivity index (χ1n) is 5.16. The molecule has 1 aliphatic carbocycles. The summed E-state index contributed by atoms with van der Waals surface area (Å²) < 4.78 is 0. The van der Waals surface area contributed by atoms with Gasteiger partial charge in [-0.25, -0.2) is 0 Å². The molecule has 1 rings (SSSR count). The minimum Gasteiger partial charge on any atom is -0.0840 e. The molecule has 2 unspecified atom stereocenters. The molecule has 0 spiro atoms. The Morgan fingerprint density at radius 2 is 2.25 bits per heavy atom. The molecule has 0 radical (unpaired) electrons. The molecule has 0 aromatic heterocycles. The van der Waals surface area contributed by atoms with Gasteiger partial charge in [0, 0.05) is 0 Å². The van der Waals surface area contributed by atoms with Crippen molar-refractivity contribution in [2.24, 2.45) is 11.8 Å². The van der Waals surface area contributed by atoms with Crippen LogP contribution in [0.2, 0.25) is 0 Å². The van der Waals surface area contributed by atoms with Gasteiger partial charge in [-0.2, -0.15) is 0 Å². The highest BCUT2D eigenvalue weighted by Crippen LogP contribution is 2.22. The largest absolute Gasteiger partial charge is 0.0840 e. The number of allylic oxidation sites excluding steroid dienone is 4. The van der Waals surface area contributed by atoms with Crippen molar-refractivity contribution in [1.82, 2.24) is 0 Å². The van der Waals surface area contributed by atoms with Crippen molar-refractivity contribution in [1.29, 1.82) is 0 Å². The molecular formula is C12H20. The van der Waals surface area contributed by atoms with Crippen molar-refractivity contribution in [2.75, 3.05) is 0 Å². The second-order valence-corrected chi connectivity index (χ2v) is 3.94. The van der Waals surface area contributed by atoms with Crippen LogP contribution in [-0.2, 0) is 0 Å². The molecular weight excluding hydrogens is 144 g/mol. The van der Waals surface area contributed by atoms with Gasteiger partial charge in [0.2, 0.25) is 0 Å². The van der Waals surface area contributed by atoms with Gasteiger partial charge in [-0.15, -0.1) is 0 Å². The molecule has 0 fully saturated rings. The van der Waals surface area contributed by atoms with Crippen molar-refractivity contribution >= 4 is 0 Å². The second-order valence-electron chi connectivity index (χ2n) is 3.94. The van der Waals surface area contributed by atoms with Gasteiger partial charge in [0.1, 0.15) is 0 Å². The maximum atomic E-state index is 2.37. The van der Waals surface area contributed by atoms with E-state index in [1.165, 1.54) is 25.7 Å². The molecule has 0 aromatic carbocycles. The normalized spacial score (nSPS) is 24.3. The SMILES string of the molecule is CCCC(C)CC1C=CC=CC1. The molecule has 0 amide bonds. The number of rotatable bonds is 4. The molecule has 0 saturated heterocycles. The lowest BCUT2D eigenvalue weighted by Gasteiger charge is -2.17. The molecule has 2 atom stereocenters. The van der Waals surface area contributed by atoms with Gasteiger partial charge in [0.05, 0.1) is 0 Å². The molecule has 12 heavy (non-hydrogen) atoms. The van der Waals surface area contributed by atoms with E-state index in [9.17, 15) is 0 Å². The maximum absolute atomic E-state index is 2.37. The summed E-state index contributed by atoms with van der Waals surface area (Å²) in [6.45, 7) is 4.64. The van der Waals surface area contributed by atoms with Crippen LogP contribution in [0.1, 0.15) is 39.5 Å². The van der Waals surface area contributed by atoms with Crippen molar-refractivity contribution in [3.05, 3.63) is 24.3 Å². The average molecular weight is 164 g/mol. The van der Waals surface area contributed by atoms with E-state index in [2.05, 4.69) is 38.2 Å². The summed E-state index contributed by atoms with van der Waals surface area (Å²) in [5, 5.41) is 0. The van der Waals surface area contributed by atoms with Gasteiger partial charge < -0.3 is 0 Å². The molecule has 0 heterocycles. The molecule has 0 aliphatic heterocycles. The monoisotopic (exact) mass is 164 g/mol. The van der Waals surface area contributed by atoms with Crippen molar-refractivity contribution in [3.63, 3.8) is 0 Å². The van der Waals surface area contributed by atoms with Crippen molar-refractivity contribution in [2.45, 2.75) is 39.5 Å². The van der Waals surface area contributed by atoms with E-state index < -0.39 is 0 Å². The summed E-state index contributed by atoms with van der Waals surface area (Å²) in [6.07, 6.45) is 14.3. The summed E-state index contributed by atoms with van der Waals surface area (Å²) in [6, 6.07) is 0. The Bertz CT molecular complexity index is 165. The maximum Gasteiger partial charge on any atom is -0.0193 e. The Labute approximate surface area is 76.4 Å². The predicted molar refractivity (Wildman–Crippen MR) is 55.1 cm³/mol. The highest BCUT2D eigenvalue weighted by Gasteiger charge is 2.09. The fraction of sp³-hybridized carbons (Fsp3) is 0.667. The Balaban J connectivity index is 2.22. The van der Waals surface area contributed by atoms with Crippen LogP contribution in [0.5, 0.6) is 0 Å². The fourth-order valence-electron chi connectivity index (χ4n) is 1.93. The predicted octanol–water partition coefficient (Wildman–Crippen LogP) is 3.95. The van der Waals surface area contributed by atoms with E-state index in [0.29, 0.717) is 0 Å². The topological polar surface area (TPSA) is 0 Å². The number of hydrogen-bond donors (Lipinski definition) is 0. The van der Waals surface area contributed by atoms with Crippen LogP contribution >= 0.6 is 0 Å². The van der Waals surface area contributed by atoms with E-state index in [1.54, 1.807) is 0 Å². The van der Waals surface area contributed by atoms with Crippen LogP contribution in [0.15, 0.2) is 24.3 Å². The van der Waals surface area contributed by atoms with Crippen LogP contribution in [0.3, 0.4) is 0 Å². The summed E-state index contributed by atoms with van der Waals surface area (Å²) in [5.74, 6) is 1.72. The molecule has 1 aliphatic rings. The summed E-state index contributed by atoms with van der Waals surface area (Å²) in [4.78, 5) is 0. The Morgan fingerprint density at radius 1 is 1.42 bits per heavy atom. The lowest BCUT2D eigenvalue weighted by molar-refractivity contribution is 0.418. The zero-order valence-electron chi connectivity index (χ0n) is 8.29. The Hall–Kier alpha value is -0.520. The Kier molecular flexibility index (Phi) is 4.13. The van der Waals surface area contributed by atoms with Crippen molar-refractivity contribution in [3.8, 4) is 0 Å². The average Bonchev–Trinajstić information content (AvgIpc) is 2.06. The van der Waals surface area contributed by atoms with Gasteiger partial charge in [-0.3, -0.25) is 0 Å². The van der Waals surface area contributed by atoms with E-state index in [0.717, 1.165) is 11.8 Å². The molecule has 0 saturated carbocycles. The van der Waals surface area contributed by atoms with Crippen LogP contribution in [0.4, 0.5) is 0 Å². The third-order valence-electron chi connectivity index (χ3n) is 2.56. The molecule has 0 bridgehead atoms.